The molecule has 2 nitrogen and oxygen atoms in total. The van der Waals surface area contributed by atoms with E-state index in [0.717, 1.165) is 5.75 Å². The quantitative estimate of drug-likeness (QED) is 0.654. The molecule has 1 fully saturated rings. The van der Waals surface area contributed by atoms with E-state index in [1.54, 1.807) is 0 Å². The predicted molar refractivity (Wildman–Crippen MR) is 53.3 cm³/mol. The van der Waals surface area contributed by atoms with Crippen LogP contribution in [0.15, 0.2) is 0 Å². The SMILES string of the molecule is CC(C)C(=O)N(C)C1CCSC1. The molecule has 0 aromatic carbocycles. The summed E-state index contributed by atoms with van der Waals surface area (Å²) in [6.45, 7) is 3.92. The van der Waals surface area contributed by atoms with Crippen LogP contribution >= 0.6 is 11.8 Å². The number of carbonyl (C=O) groups is 1. The molecule has 1 saturated heterocycles. The molecule has 1 amide bonds. The second-order valence-electron chi connectivity index (χ2n) is 3.62. The van der Waals surface area contributed by atoms with E-state index in [4.69, 9.17) is 0 Å². The van der Waals surface area contributed by atoms with E-state index in [1.807, 2.05) is 37.6 Å². The largest absolute Gasteiger partial charge is 0.342 e. The molecule has 0 radical (unpaired) electrons. The summed E-state index contributed by atoms with van der Waals surface area (Å²) in [4.78, 5) is 13.5. The molecule has 70 valence electrons. The van der Waals surface area contributed by atoms with Crippen molar-refractivity contribution < 1.29 is 4.79 Å². The van der Waals surface area contributed by atoms with Crippen molar-refractivity contribution >= 4 is 17.7 Å². The molecule has 0 saturated carbocycles. The zero-order valence-corrected chi connectivity index (χ0v) is 8.86. The van der Waals surface area contributed by atoms with Crippen molar-refractivity contribution in [3.8, 4) is 0 Å². The molecule has 0 bridgehead atoms. The smallest absolute Gasteiger partial charge is 0.225 e. The van der Waals surface area contributed by atoms with Gasteiger partial charge in [0.15, 0.2) is 0 Å². The molecule has 1 atom stereocenters. The van der Waals surface area contributed by atoms with Crippen molar-refractivity contribution in [3.05, 3.63) is 0 Å². The fourth-order valence-corrected chi connectivity index (χ4v) is 2.68. The Balaban J connectivity index is 2.45. The van der Waals surface area contributed by atoms with Crippen LogP contribution in [0.3, 0.4) is 0 Å². The van der Waals surface area contributed by atoms with Crippen molar-refractivity contribution in [2.24, 2.45) is 5.92 Å². The van der Waals surface area contributed by atoms with Crippen LogP contribution in [-0.4, -0.2) is 35.4 Å². The van der Waals surface area contributed by atoms with Crippen molar-refractivity contribution in [1.82, 2.24) is 4.90 Å². The number of thioether (sulfide) groups is 1. The van der Waals surface area contributed by atoms with E-state index in [-0.39, 0.29) is 11.8 Å². The first-order chi connectivity index (χ1) is 5.63. The van der Waals surface area contributed by atoms with Gasteiger partial charge in [0.25, 0.3) is 0 Å². The van der Waals surface area contributed by atoms with E-state index < -0.39 is 0 Å². The maximum absolute atomic E-state index is 11.5. The van der Waals surface area contributed by atoms with Crippen LogP contribution in [0.4, 0.5) is 0 Å². The van der Waals surface area contributed by atoms with Gasteiger partial charge in [0, 0.05) is 24.8 Å². The molecular formula is C9H17NOS. The monoisotopic (exact) mass is 187 g/mol. The maximum Gasteiger partial charge on any atom is 0.225 e. The van der Waals surface area contributed by atoms with Gasteiger partial charge in [-0.2, -0.15) is 11.8 Å². The fourth-order valence-electron chi connectivity index (χ4n) is 1.41. The third-order valence-corrected chi connectivity index (χ3v) is 3.44. The Kier molecular flexibility index (Phi) is 3.44. The van der Waals surface area contributed by atoms with Gasteiger partial charge in [0.2, 0.25) is 5.91 Å². The van der Waals surface area contributed by atoms with Crippen LogP contribution < -0.4 is 0 Å². The highest BCUT2D eigenvalue weighted by molar-refractivity contribution is 7.99. The molecule has 12 heavy (non-hydrogen) atoms. The van der Waals surface area contributed by atoms with E-state index in [1.165, 1.54) is 12.2 Å². The number of hydrogen-bond acceptors (Lipinski definition) is 2. The van der Waals surface area contributed by atoms with Crippen LogP contribution in [0.5, 0.6) is 0 Å². The van der Waals surface area contributed by atoms with Crippen LogP contribution in [-0.2, 0) is 4.79 Å². The van der Waals surface area contributed by atoms with Crippen LogP contribution in [0.25, 0.3) is 0 Å². The van der Waals surface area contributed by atoms with Crippen molar-refractivity contribution in [2.45, 2.75) is 26.3 Å². The van der Waals surface area contributed by atoms with E-state index in [0.29, 0.717) is 6.04 Å². The normalized spacial score (nSPS) is 23.2. The number of carbonyl (C=O) groups excluding carboxylic acids is 1. The van der Waals surface area contributed by atoms with E-state index in [9.17, 15) is 4.79 Å². The molecule has 3 heteroatoms. The summed E-state index contributed by atoms with van der Waals surface area (Å²) >= 11 is 1.95. The van der Waals surface area contributed by atoms with Gasteiger partial charge in [-0.25, -0.2) is 0 Å². The lowest BCUT2D eigenvalue weighted by atomic mass is 10.1. The lowest BCUT2D eigenvalue weighted by Crippen LogP contribution is -2.39. The summed E-state index contributed by atoms with van der Waals surface area (Å²) in [6.07, 6.45) is 1.17. The first-order valence-electron chi connectivity index (χ1n) is 4.47. The standard InChI is InChI=1S/C9H17NOS/c1-7(2)9(11)10(3)8-4-5-12-6-8/h7-8H,4-6H2,1-3H3. The molecule has 1 heterocycles. The summed E-state index contributed by atoms with van der Waals surface area (Å²) in [6, 6.07) is 0.491. The second kappa shape index (κ2) is 4.17. The molecule has 0 aromatic rings. The third-order valence-electron chi connectivity index (χ3n) is 2.29. The minimum absolute atomic E-state index is 0.139. The highest BCUT2D eigenvalue weighted by Crippen LogP contribution is 2.22. The molecule has 0 spiro atoms. The number of nitrogens with zero attached hydrogens (tertiary/aromatic N) is 1. The minimum atomic E-state index is 0.139. The zero-order valence-electron chi connectivity index (χ0n) is 8.04. The Labute approximate surface area is 78.7 Å². The van der Waals surface area contributed by atoms with Gasteiger partial charge < -0.3 is 4.90 Å². The van der Waals surface area contributed by atoms with Crippen LogP contribution in [0.2, 0.25) is 0 Å². The molecule has 1 aliphatic heterocycles. The highest BCUT2D eigenvalue weighted by atomic mass is 32.2. The molecule has 1 aliphatic rings. The average molecular weight is 187 g/mol. The molecule has 0 aromatic heterocycles. The van der Waals surface area contributed by atoms with Crippen molar-refractivity contribution in [1.29, 1.82) is 0 Å². The number of amides is 1. The average Bonchev–Trinajstić information content (AvgIpc) is 2.53. The van der Waals surface area contributed by atoms with Gasteiger partial charge in [0.05, 0.1) is 0 Å². The summed E-state index contributed by atoms with van der Waals surface area (Å²) in [5.74, 6) is 2.75. The van der Waals surface area contributed by atoms with Gasteiger partial charge >= 0.3 is 0 Å². The topological polar surface area (TPSA) is 20.3 Å². The van der Waals surface area contributed by atoms with Crippen LogP contribution in [0, 0.1) is 5.92 Å². The summed E-state index contributed by atoms with van der Waals surface area (Å²) in [5.41, 5.74) is 0. The van der Waals surface area contributed by atoms with Gasteiger partial charge in [-0.05, 0) is 12.2 Å². The molecule has 1 rings (SSSR count). The maximum atomic E-state index is 11.5. The molecule has 1 unspecified atom stereocenters. The molecule has 0 N–H and O–H groups in total. The Hall–Kier alpha value is -0.180. The van der Waals surface area contributed by atoms with Gasteiger partial charge in [-0.15, -0.1) is 0 Å². The van der Waals surface area contributed by atoms with Crippen molar-refractivity contribution in [3.63, 3.8) is 0 Å². The Morgan fingerprint density at radius 3 is 2.67 bits per heavy atom. The van der Waals surface area contributed by atoms with E-state index >= 15 is 0 Å². The van der Waals surface area contributed by atoms with E-state index in [2.05, 4.69) is 0 Å². The number of hydrogen-bond donors (Lipinski definition) is 0. The summed E-state index contributed by atoms with van der Waals surface area (Å²) in [5, 5.41) is 0. The lowest BCUT2D eigenvalue weighted by molar-refractivity contribution is -0.134. The highest BCUT2D eigenvalue weighted by Gasteiger charge is 2.24. The van der Waals surface area contributed by atoms with Crippen LogP contribution in [0.1, 0.15) is 20.3 Å². The second-order valence-corrected chi connectivity index (χ2v) is 4.77. The first kappa shape index (κ1) is 9.90. The Bertz CT molecular complexity index is 164. The summed E-state index contributed by atoms with van der Waals surface area (Å²) < 4.78 is 0. The van der Waals surface area contributed by atoms with Gasteiger partial charge in [-0.1, -0.05) is 13.8 Å². The third kappa shape index (κ3) is 2.16. The van der Waals surface area contributed by atoms with Gasteiger partial charge in [0.1, 0.15) is 0 Å². The zero-order chi connectivity index (χ0) is 9.14. The van der Waals surface area contributed by atoms with Gasteiger partial charge in [-0.3, -0.25) is 4.79 Å². The molecular weight excluding hydrogens is 170 g/mol. The fraction of sp³-hybridized carbons (Fsp3) is 0.889. The van der Waals surface area contributed by atoms with Crippen molar-refractivity contribution in [2.75, 3.05) is 18.6 Å². The lowest BCUT2D eigenvalue weighted by Gasteiger charge is -2.25. The Morgan fingerprint density at radius 2 is 2.25 bits per heavy atom. The predicted octanol–water partition coefficient (Wildman–Crippen LogP) is 1.61. The summed E-state index contributed by atoms with van der Waals surface area (Å²) in [7, 11) is 1.93. The Morgan fingerprint density at radius 1 is 1.58 bits per heavy atom. The molecule has 0 aliphatic carbocycles. The first-order valence-corrected chi connectivity index (χ1v) is 5.63. The number of rotatable bonds is 2. The minimum Gasteiger partial charge on any atom is -0.342 e.